The number of nitrogens with one attached hydrogen (secondary N) is 2. The van der Waals surface area contributed by atoms with Crippen molar-refractivity contribution < 1.29 is 0 Å². The predicted molar refractivity (Wildman–Crippen MR) is 94.1 cm³/mol. The van der Waals surface area contributed by atoms with E-state index >= 15 is 0 Å². The van der Waals surface area contributed by atoms with Gasteiger partial charge in [0.25, 0.3) is 0 Å². The smallest absolute Gasteiger partial charge is 0.159 e. The Balaban J connectivity index is 2.16. The average Bonchev–Trinajstić information content (AvgIpc) is 2.47. The molecule has 0 fully saturated rings. The van der Waals surface area contributed by atoms with Gasteiger partial charge in [-0.2, -0.15) is 0 Å². The van der Waals surface area contributed by atoms with Gasteiger partial charge in [0, 0.05) is 6.54 Å². The molecule has 7 heteroatoms. The summed E-state index contributed by atoms with van der Waals surface area (Å²) >= 11 is 12.2. The van der Waals surface area contributed by atoms with Crippen molar-refractivity contribution in [2.45, 2.75) is 20.3 Å². The van der Waals surface area contributed by atoms with E-state index in [2.05, 4.69) is 34.4 Å². The number of nitrogens with two attached hydrogens (primary N) is 1. The lowest BCUT2D eigenvalue weighted by molar-refractivity contribution is 0.606. The SMILES string of the molecule is CC(C)CCNc1ncnc(Nc2cccc(Cl)c2Cl)c1N. The quantitative estimate of drug-likeness (QED) is 0.718. The van der Waals surface area contributed by atoms with Gasteiger partial charge in [-0.1, -0.05) is 43.1 Å². The van der Waals surface area contributed by atoms with E-state index in [0.717, 1.165) is 13.0 Å². The van der Waals surface area contributed by atoms with Crippen LogP contribution in [0.25, 0.3) is 0 Å². The fourth-order valence-corrected chi connectivity index (χ4v) is 2.19. The standard InChI is InChI=1S/C15H19Cl2N5/c1-9(2)6-7-19-14-13(18)15(21-8-20-14)22-11-5-3-4-10(16)12(11)17/h3-5,8-9H,6-7,18H2,1-2H3,(H2,19,20,21,22). The molecule has 1 aromatic heterocycles. The van der Waals surface area contributed by atoms with E-state index in [-0.39, 0.29) is 0 Å². The lowest BCUT2D eigenvalue weighted by Crippen LogP contribution is -2.10. The second-order valence-corrected chi connectivity index (χ2v) is 6.11. The van der Waals surface area contributed by atoms with Crippen molar-refractivity contribution in [3.05, 3.63) is 34.6 Å². The Bertz CT molecular complexity index is 646. The van der Waals surface area contributed by atoms with Gasteiger partial charge in [-0.05, 0) is 24.5 Å². The molecule has 0 saturated carbocycles. The molecule has 2 rings (SSSR count). The first-order chi connectivity index (χ1) is 10.5. The van der Waals surface area contributed by atoms with E-state index in [0.29, 0.717) is 39.0 Å². The van der Waals surface area contributed by atoms with E-state index in [9.17, 15) is 0 Å². The summed E-state index contributed by atoms with van der Waals surface area (Å²) in [5.41, 5.74) is 7.20. The summed E-state index contributed by atoms with van der Waals surface area (Å²) in [6.07, 6.45) is 2.49. The number of aromatic nitrogens is 2. The summed E-state index contributed by atoms with van der Waals surface area (Å²) in [7, 11) is 0. The van der Waals surface area contributed by atoms with Crippen molar-refractivity contribution in [3.8, 4) is 0 Å². The highest BCUT2D eigenvalue weighted by molar-refractivity contribution is 6.43. The number of nitrogen functional groups attached to an aromatic ring is 1. The molecule has 2 aromatic rings. The molecule has 1 aromatic carbocycles. The molecule has 0 unspecified atom stereocenters. The molecule has 0 saturated heterocycles. The number of nitrogens with zero attached hydrogens (tertiary/aromatic N) is 2. The monoisotopic (exact) mass is 339 g/mol. The Kier molecular flexibility index (Phi) is 5.69. The summed E-state index contributed by atoms with van der Waals surface area (Å²) in [6.45, 7) is 5.13. The third-order valence-corrected chi connectivity index (χ3v) is 3.92. The molecule has 0 amide bonds. The Morgan fingerprint density at radius 2 is 1.91 bits per heavy atom. The fraction of sp³-hybridized carbons (Fsp3) is 0.333. The molecule has 0 atom stereocenters. The highest BCUT2D eigenvalue weighted by Gasteiger charge is 2.11. The molecule has 118 valence electrons. The van der Waals surface area contributed by atoms with Gasteiger partial charge >= 0.3 is 0 Å². The predicted octanol–water partition coefficient (Wildman–Crippen LogP) is 4.57. The lowest BCUT2D eigenvalue weighted by atomic mass is 10.1. The second-order valence-electron chi connectivity index (χ2n) is 5.32. The van der Waals surface area contributed by atoms with Gasteiger partial charge in [0.1, 0.15) is 12.0 Å². The van der Waals surface area contributed by atoms with Gasteiger partial charge in [-0.25, -0.2) is 9.97 Å². The first kappa shape index (κ1) is 16.6. The van der Waals surface area contributed by atoms with Crippen LogP contribution in [0.15, 0.2) is 24.5 Å². The Morgan fingerprint density at radius 3 is 2.64 bits per heavy atom. The maximum Gasteiger partial charge on any atom is 0.159 e. The van der Waals surface area contributed by atoms with E-state index in [1.165, 1.54) is 6.33 Å². The first-order valence-corrected chi connectivity index (χ1v) is 7.80. The maximum absolute atomic E-state index is 6.16. The van der Waals surface area contributed by atoms with Crippen molar-refractivity contribution in [1.29, 1.82) is 0 Å². The molecule has 0 aliphatic heterocycles. The normalized spacial score (nSPS) is 10.8. The highest BCUT2D eigenvalue weighted by atomic mass is 35.5. The van der Waals surface area contributed by atoms with Crippen LogP contribution in [0, 0.1) is 5.92 Å². The molecule has 0 bridgehead atoms. The van der Waals surface area contributed by atoms with Crippen molar-refractivity contribution in [2.75, 3.05) is 22.9 Å². The zero-order chi connectivity index (χ0) is 16.1. The Labute approximate surface area is 140 Å². The topological polar surface area (TPSA) is 75.9 Å². The summed E-state index contributed by atoms with van der Waals surface area (Å²) in [5, 5.41) is 7.20. The van der Waals surface area contributed by atoms with Gasteiger partial charge in [0.2, 0.25) is 0 Å². The first-order valence-electron chi connectivity index (χ1n) is 7.04. The summed E-state index contributed by atoms with van der Waals surface area (Å²) in [6, 6.07) is 5.33. The van der Waals surface area contributed by atoms with Crippen molar-refractivity contribution >= 4 is 46.2 Å². The molecule has 0 radical (unpaired) electrons. The highest BCUT2D eigenvalue weighted by Crippen LogP contribution is 2.33. The van der Waals surface area contributed by atoms with Crippen LogP contribution in [0.3, 0.4) is 0 Å². The number of anilines is 4. The molecule has 1 heterocycles. The van der Waals surface area contributed by atoms with Crippen LogP contribution in [-0.4, -0.2) is 16.5 Å². The van der Waals surface area contributed by atoms with Gasteiger partial charge in [0.15, 0.2) is 11.6 Å². The number of benzene rings is 1. The molecule has 0 aliphatic carbocycles. The molecule has 4 N–H and O–H groups in total. The van der Waals surface area contributed by atoms with Crippen LogP contribution >= 0.6 is 23.2 Å². The average molecular weight is 340 g/mol. The van der Waals surface area contributed by atoms with Gasteiger partial charge in [0.05, 0.1) is 15.7 Å². The Morgan fingerprint density at radius 1 is 1.18 bits per heavy atom. The summed E-state index contributed by atoms with van der Waals surface area (Å²) < 4.78 is 0. The third-order valence-electron chi connectivity index (χ3n) is 3.10. The van der Waals surface area contributed by atoms with Gasteiger partial charge < -0.3 is 16.4 Å². The Hall–Kier alpha value is -1.72. The van der Waals surface area contributed by atoms with E-state index in [1.807, 2.05) is 6.07 Å². The zero-order valence-corrected chi connectivity index (χ0v) is 14.0. The molecule has 0 spiro atoms. The van der Waals surface area contributed by atoms with Gasteiger partial charge in [-0.3, -0.25) is 0 Å². The minimum absolute atomic E-state index is 0.427. The summed E-state index contributed by atoms with van der Waals surface area (Å²) in [4.78, 5) is 8.33. The van der Waals surface area contributed by atoms with Crippen LogP contribution < -0.4 is 16.4 Å². The third kappa shape index (κ3) is 4.15. The largest absolute Gasteiger partial charge is 0.393 e. The van der Waals surface area contributed by atoms with Gasteiger partial charge in [-0.15, -0.1) is 0 Å². The molecular formula is C15H19Cl2N5. The van der Waals surface area contributed by atoms with Crippen LogP contribution in [0.5, 0.6) is 0 Å². The van der Waals surface area contributed by atoms with Crippen LogP contribution in [0.4, 0.5) is 23.0 Å². The van der Waals surface area contributed by atoms with Crippen LogP contribution in [-0.2, 0) is 0 Å². The minimum atomic E-state index is 0.427. The zero-order valence-electron chi connectivity index (χ0n) is 12.5. The minimum Gasteiger partial charge on any atom is -0.393 e. The number of halogens is 2. The fourth-order valence-electron chi connectivity index (χ4n) is 1.84. The molecule has 22 heavy (non-hydrogen) atoms. The number of rotatable bonds is 6. The van der Waals surface area contributed by atoms with Crippen molar-refractivity contribution in [2.24, 2.45) is 5.92 Å². The summed E-state index contributed by atoms with van der Waals surface area (Å²) in [5.74, 6) is 1.71. The van der Waals surface area contributed by atoms with Crippen molar-refractivity contribution in [1.82, 2.24) is 9.97 Å². The van der Waals surface area contributed by atoms with Crippen molar-refractivity contribution in [3.63, 3.8) is 0 Å². The van der Waals surface area contributed by atoms with Crippen LogP contribution in [0.1, 0.15) is 20.3 Å². The van der Waals surface area contributed by atoms with Crippen LogP contribution in [0.2, 0.25) is 10.0 Å². The maximum atomic E-state index is 6.16. The van der Waals surface area contributed by atoms with E-state index < -0.39 is 0 Å². The van der Waals surface area contributed by atoms with E-state index in [1.54, 1.807) is 12.1 Å². The molecule has 5 nitrogen and oxygen atoms in total. The number of hydrogen-bond donors (Lipinski definition) is 3. The number of hydrogen-bond acceptors (Lipinski definition) is 5. The second kappa shape index (κ2) is 7.51. The molecule has 0 aliphatic rings. The lowest BCUT2D eigenvalue weighted by Gasteiger charge is -2.14. The molecular weight excluding hydrogens is 321 g/mol. The van der Waals surface area contributed by atoms with E-state index in [4.69, 9.17) is 28.9 Å².